The highest BCUT2D eigenvalue weighted by molar-refractivity contribution is 7.98. The van der Waals surface area contributed by atoms with Gasteiger partial charge >= 0.3 is 0 Å². The molecule has 0 spiro atoms. The smallest absolute Gasteiger partial charge is 0.214 e. The van der Waals surface area contributed by atoms with E-state index in [0.29, 0.717) is 0 Å². The van der Waals surface area contributed by atoms with Crippen LogP contribution in [0.15, 0.2) is 28.1 Å². The summed E-state index contributed by atoms with van der Waals surface area (Å²) in [6.07, 6.45) is 2.08. The lowest BCUT2D eigenvalue weighted by Gasteiger charge is -2.11. The highest BCUT2D eigenvalue weighted by Gasteiger charge is 2.11. The molecule has 0 fully saturated rings. The number of quaternary nitrogens is 1. The topological polar surface area (TPSA) is 50.2 Å². The van der Waals surface area contributed by atoms with E-state index in [9.17, 15) is 0 Å². The molecule has 0 amide bonds. The Morgan fingerprint density at radius 3 is 2.94 bits per heavy atom. The van der Waals surface area contributed by atoms with E-state index in [1.165, 1.54) is 4.90 Å². The van der Waals surface area contributed by atoms with E-state index < -0.39 is 0 Å². The minimum Gasteiger partial charge on any atom is -1.00 e. The summed E-state index contributed by atoms with van der Waals surface area (Å²) in [6.45, 7) is 2.80. The number of ether oxygens (including phenoxy) is 1. The molecule has 1 aromatic carbocycles. The Kier molecular flexibility index (Phi) is 6.32. The number of halogens is 1. The summed E-state index contributed by atoms with van der Waals surface area (Å²) in [5.41, 5.74) is 1.11. The maximum atomic E-state index is 5.24. The molecule has 0 radical (unpaired) electrons. The monoisotopic (exact) mass is 287 g/mol. The minimum atomic E-state index is 0. The van der Waals surface area contributed by atoms with E-state index in [0.717, 1.165) is 36.9 Å². The molecule has 1 aromatic rings. The van der Waals surface area contributed by atoms with E-state index >= 15 is 0 Å². The van der Waals surface area contributed by atoms with Gasteiger partial charge in [0, 0.05) is 11.0 Å². The summed E-state index contributed by atoms with van der Waals surface area (Å²) in [6, 6.07) is 6.09. The van der Waals surface area contributed by atoms with Crippen LogP contribution < -0.4 is 27.8 Å². The number of rotatable bonds is 5. The normalized spacial score (nSPS) is 13.8. The molecule has 1 aliphatic rings. The second-order valence-corrected chi connectivity index (χ2v) is 4.63. The van der Waals surface area contributed by atoms with Crippen molar-refractivity contribution in [1.82, 2.24) is 0 Å². The zero-order valence-electron chi connectivity index (χ0n) is 10.6. The molecule has 0 aromatic heterocycles. The van der Waals surface area contributed by atoms with Crippen molar-refractivity contribution in [3.63, 3.8) is 0 Å². The largest absolute Gasteiger partial charge is 1.00 e. The lowest BCUT2D eigenvalue weighted by molar-refractivity contribution is -0.528. The van der Waals surface area contributed by atoms with Crippen molar-refractivity contribution in [2.45, 2.75) is 4.90 Å². The SMILES string of the molecule is COc1ccc(SC)c(NCC2=NCC[NH2+]2)c1.[Cl-]. The molecule has 1 aliphatic heterocycles. The fourth-order valence-corrected chi connectivity index (χ4v) is 2.33. The number of hydrogen-bond donors (Lipinski definition) is 2. The number of aliphatic imine (C=N–C) groups is 1. The highest BCUT2D eigenvalue weighted by Crippen LogP contribution is 2.29. The summed E-state index contributed by atoms with van der Waals surface area (Å²) in [5.74, 6) is 2.03. The fourth-order valence-electron chi connectivity index (χ4n) is 1.77. The van der Waals surface area contributed by atoms with Crippen LogP contribution in [0.25, 0.3) is 0 Å². The summed E-state index contributed by atoms with van der Waals surface area (Å²) in [4.78, 5) is 5.64. The van der Waals surface area contributed by atoms with E-state index in [4.69, 9.17) is 4.74 Å². The van der Waals surface area contributed by atoms with Crippen molar-refractivity contribution >= 4 is 23.3 Å². The first-order valence-electron chi connectivity index (χ1n) is 5.66. The first-order chi connectivity index (χ1) is 8.33. The first kappa shape index (κ1) is 15.1. The number of hydrogen-bond acceptors (Lipinski definition) is 4. The van der Waals surface area contributed by atoms with Crippen LogP contribution in [0.1, 0.15) is 0 Å². The van der Waals surface area contributed by atoms with Gasteiger partial charge in [-0.15, -0.1) is 11.8 Å². The van der Waals surface area contributed by atoms with Crippen LogP contribution in [0.5, 0.6) is 5.75 Å². The Morgan fingerprint density at radius 2 is 2.33 bits per heavy atom. The number of anilines is 1. The molecular formula is C12H18ClN3OS. The van der Waals surface area contributed by atoms with Gasteiger partial charge in [0.25, 0.3) is 0 Å². The lowest BCUT2D eigenvalue weighted by atomic mass is 10.3. The Labute approximate surface area is 118 Å². The van der Waals surface area contributed by atoms with Crippen LogP contribution in [0.3, 0.4) is 0 Å². The van der Waals surface area contributed by atoms with Crippen LogP contribution >= 0.6 is 11.8 Å². The Balaban J connectivity index is 0.00000162. The van der Waals surface area contributed by atoms with Crippen LogP contribution in [0.4, 0.5) is 5.69 Å². The third-order valence-corrected chi connectivity index (χ3v) is 3.49. The Morgan fingerprint density at radius 1 is 1.50 bits per heavy atom. The maximum absolute atomic E-state index is 5.24. The zero-order valence-corrected chi connectivity index (χ0v) is 12.1. The lowest BCUT2D eigenvalue weighted by Crippen LogP contribution is -3.00. The van der Waals surface area contributed by atoms with E-state index in [-0.39, 0.29) is 12.4 Å². The van der Waals surface area contributed by atoms with Gasteiger partial charge in [-0.3, -0.25) is 5.32 Å². The molecule has 0 bridgehead atoms. The van der Waals surface area contributed by atoms with Crippen molar-refractivity contribution < 1.29 is 22.5 Å². The van der Waals surface area contributed by atoms with Gasteiger partial charge in [0.15, 0.2) is 0 Å². The van der Waals surface area contributed by atoms with E-state index in [1.54, 1.807) is 18.9 Å². The third kappa shape index (κ3) is 3.80. The number of benzene rings is 1. The van der Waals surface area contributed by atoms with Crippen LogP contribution in [-0.2, 0) is 0 Å². The first-order valence-corrected chi connectivity index (χ1v) is 6.88. The molecule has 0 unspecified atom stereocenters. The Bertz CT molecular complexity index is 426. The molecule has 6 heteroatoms. The molecule has 3 N–H and O–H groups in total. The van der Waals surface area contributed by atoms with Gasteiger partial charge in [-0.25, -0.2) is 4.99 Å². The van der Waals surface area contributed by atoms with Gasteiger partial charge in [-0.1, -0.05) is 0 Å². The quantitative estimate of drug-likeness (QED) is 0.605. The molecule has 2 rings (SSSR count). The van der Waals surface area contributed by atoms with Crippen molar-refractivity contribution in [1.29, 1.82) is 0 Å². The predicted molar refractivity (Wildman–Crippen MR) is 72.4 cm³/mol. The van der Waals surface area contributed by atoms with E-state index in [2.05, 4.69) is 27.9 Å². The predicted octanol–water partition coefficient (Wildman–Crippen LogP) is -2.19. The molecule has 100 valence electrons. The van der Waals surface area contributed by atoms with Crippen LogP contribution in [-0.4, -0.2) is 38.8 Å². The third-order valence-electron chi connectivity index (χ3n) is 2.69. The Hall–Kier alpha value is -0.910. The van der Waals surface area contributed by atoms with E-state index in [1.807, 2.05) is 12.1 Å². The average molecular weight is 288 g/mol. The van der Waals surface area contributed by atoms with Gasteiger partial charge in [-0.2, -0.15) is 0 Å². The van der Waals surface area contributed by atoms with Gasteiger partial charge in [0.2, 0.25) is 5.84 Å². The zero-order chi connectivity index (χ0) is 12.1. The fraction of sp³-hybridized carbons (Fsp3) is 0.417. The minimum absolute atomic E-state index is 0. The maximum Gasteiger partial charge on any atom is 0.214 e. The second-order valence-electron chi connectivity index (χ2n) is 3.79. The number of methoxy groups -OCH3 is 1. The molecule has 1 heterocycles. The number of nitrogens with two attached hydrogens (primary N) is 1. The standard InChI is InChI=1S/C12H17N3OS.ClH/c1-16-9-3-4-11(17-2)10(7-9)15-8-12-13-5-6-14-12;/h3-4,7,15H,5-6,8H2,1-2H3,(H,13,14);1H. The summed E-state index contributed by atoms with van der Waals surface area (Å²) < 4.78 is 5.24. The van der Waals surface area contributed by atoms with Crippen molar-refractivity contribution in [3.05, 3.63) is 18.2 Å². The molecule has 0 atom stereocenters. The van der Waals surface area contributed by atoms with Gasteiger partial charge in [0.1, 0.15) is 18.8 Å². The summed E-state index contributed by atoms with van der Waals surface area (Å²) >= 11 is 1.73. The molecule has 0 saturated carbocycles. The number of thioether (sulfide) groups is 1. The molecule has 4 nitrogen and oxygen atoms in total. The molecule has 0 saturated heterocycles. The second kappa shape index (κ2) is 7.51. The summed E-state index contributed by atoms with van der Waals surface area (Å²) in [5, 5.41) is 5.60. The van der Waals surface area contributed by atoms with Crippen LogP contribution in [0.2, 0.25) is 0 Å². The van der Waals surface area contributed by atoms with Crippen molar-refractivity contribution in [2.75, 3.05) is 38.3 Å². The van der Waals surface area contributed by atoms with Crippen molar-refractivity contribution in [2.24, 2.45) is 4.99 Å². The van der Waals surface area contributed by atoms with Crippen molar-refractivity contribution in [3.8, 4) is 5.75 Å². The molecule has 0 aliphatic carbocycles. The van der Waals surface area contributed by atoms with Gasteiger partial charge in [0.05, 0.1) is 19.3 Å². The highest BCUT2D eigenvalue weighted by atomic mass is 35.5. The number of nitrogens with zero attached hydrogens (tertiary/aromatic N) is 1. The van der Waals surface area contributed by atoms with Gasteiger partial charge < -0.3 is 22.5 Å². The molecular weight excluding hydrogens is 270 g/mol. The number of amidine groups is 1. The van der Waals surface area contributed by atoms with Crippen LogP contribution in [0, 0.1) is 0 Å². The summed E-state index contributed by atoms with van der Waals surface area (Å²) in [7, 11) is 1.69. The van der Waals surface area contributed by atoms with Gasteiger partial charge in [-0.05, 0) is 18.4 Å². The number of nitrogens with one attached hydrogen (secondary N) is 1. The molecule has 18 heavy (non-hydrogen) atoms. The average Bonchev–Trinajstić information content (AvgIpc) is 2.89.